The number of rotatable bonds is 6. The highest BCUT2D eigenvalue weighted by molar-refractivity contribution is 6.72. The van der Waals surface area contributed by atoms with Crippen LogP contribution in [0.2, 0.25) is 13.1 Å². The zero-order valence-corrected chi connectivity index (χ0v) is 24.6. The molecule has 1 N–H and O–H groups in total. The molecule has 3 aromatic carbocycles. The highest BCUT2D eigenvalue weighted by atomic mass is 28.3. The third-order valence-electron chi connectivity index (χ3n) is 7.97. The average molecular weight is 493 g/mol. The molecule has 36 heavy (non-hydrogen) atoms. The smallest absolute Gasteiger partial charge is 0.0819 e. The Labute approximate surface area is 221 Å². The van der Waals surface area contributed by atoms with Gasteiger partial charge >= 0.3 is 0 Å². The molecule has 0 saturated heterocycles. The highest BCUT2D eigenvalue weighted by Gasteiger charge is 2.47. The molecule has 0 spiro atoms. The molecule has 0 saturated carbocycles. The van der Waals surface area contributed by atoms with Gasteiger partial charge in [-0.15, -0.1) is 0 Å². The van der Waals surface area contributed by atoms with Crippen LogP contribution in [-0.4, -0.2) is 14.3 Å². The zero-order chi connectivity index (χ0) is 26.3. The molecule has 1 unspecified atom stereocenters. The van der Waals surface area contributed by atoms with Crippen LogP contribution in [0.4, 0.5) is 5.69 Å². The largest absolute Gasteiger partial charge is 0.380 e. The molecule has 187 valence electrons. The molecule has 1 atom stereocenters. The molecule has 1 nitrogen and oxygen atoms in total. The third kappa shape index (κ3) is 4.41. The van der Waals surface area contributed by atoms with Crippen LogP contribution in [0.15, 0.2) is 101 Å². The third-order valence-corrected chi connectivity index (χ3v) is 9.46. The molecule has 2 heteroatoms. The summed E-state index contributed by atoms with van der Waals surface area (Å²) in [5.74, 6) is 0.351. The first-order valence-electron chi connectivity index (χ1n) is 13.2. The van der Waals surface area contributed by atoms with Gasteiger partial charge in [0.2, 0.25) is 0 Å². The summed E-state index contributed by atoms with van der Waals surface area (Å²) in [6.45, 7) is 21.0. The Morgan fingerprint density at radius 3 is 1.64 bits per heavy atom. The van der Waals surface area contributed by atoms with Crippen molar-refractivity contribution < 1.29 is 0 Å². The molecule has 3 aromatic rings. The van der Waals surface area contributed by atoms with Crippen molar-refractivity contribution in [3.8, 4) is 0 Å². The fourth-order valence-electron chi connectivity index (χ4n) is 6.07. The SMILES string of the molecule is CC1=C(C)C(C)C(C(c2ccccc2)(c2ccccc2)c2cccc([Si](C)C)c2NC(C)(C)C)=C1C. The van der Waals surface area contributed by atoms with E-state index in [4.69, 9.17) is 0 Å². The number of para-hydroxylation sites is 1. The quantitative estimate of drug-likeness (QED) is 0.269. The van der Waals surface area contributed by atoms with Crippen LogP contribution in [0, 0.1) is 5.92 Å². The molecule has 1 aliphatic carbocycles. The second-order valence-electron chi connectivity index (χ2n) is 11.7. The van der Waals surface area contributed by atoms with E-state index in [2.05, 4.69) is 146 Å². The average Bonchev–Trinajstić information content (AvgIpc) is 3.04. The van der Waals surface area contributed by atoms with Crippen molar-refractivity contribution in [3.63, 3.8) is 0 Å². The predicted octanol–water partition coefficient (Wildman–Crippen LogP) is 8.50. The van der Waals surface area contributed by atoms with E-state index < -0.39 is 14.2 Å². The lowest BCUT2D eigenvalue weighted by Gasteiger charge is -2.43. The minimum absolute atomic E-state index is 0.0594. The minimum atomic E-state index is -0.718. The first-order valence-corrected chi connectivity index (χ1v) is 15.7. The second-order valence-corrected chi connectivity index (χ2v) is 14.2. The van der Waals surface area contributed by atoms with Gasteiger partial charge in [-0.2, -0.15) is 0 Å². The van der Waals surface area contributed by atoms with Crippen LogP contribution >= 0.6 is 0 Å². The predicted molar refractivity (Wildman–Crippen MR) is 160 cm³/mol. The van der Waals surface area contributed by atoms with Crippen LogP contribution in [-0.2, 0) is 5.41 Å². The van der Waals surface area contributed by atoms with Crippen molar-refractivity contribution >= 4 is 19.7 Å². The molecule has 0 amide bonds. The van der Waals surface area contributed by atoms with Gasteiger partial charge in [0.15, 0.2) is 0 Å². The van der Waals surface area contributed by atoms with Gasteiger partial charge in [0.25, 0.3) is 0 Å². The lowest BCUT2D eigenvalue weighted by Crippen LogP contribution is -2.40. The number of benzene rings is 3. The number of anilines is 1. The minimum Gasteiger partial charge on any atom is -0.380 e. The lowest BCUT2D eigenvalue weighted by atomic mass is 9.61. The maximum absolute atomic E-state index is 4.01. The summed E-state index contributed by atoms with van der Waals surface area (Å²) in [6.07, 6.45) is 0. The molecule has 0 fully saturated rings. The zero-order valence-electron chi connectivity index (χ0n) is 23.6. The van der Waals surface area contributed by atoms with E-state index in [-0.39, 0.29) is 5.54 Å². The van der Waals surface area contributed by atoms with Crippen molar-refractivity contribution in [2.45, 2.75) is 72.5 Å². The van der Waals surface area contributed by atoms with Crippen molar-refractivity contribution in [2.75, 3.05) is 5.32 Å². The summed E-state index contributed by atoms with van der Waals surface area (Å²) < 4.78 is 0. The van der Waals surface area contributed by atoms with Crippen LogP contribution in [0.3, 0.4) is 0 Å². The van der Waals surface area contributed by atoms with Crippen LogP contribution in [0.5, 0.6) is 0 Å². The van der Waals surface area contributed by atoms with Gasteiger partial charge in [-0.1, -0.05) is 104 Å². The number of allylic oxidation sites excluding steroid dienone is 4. The molecule has 1 aliphatic rings. The first kappa shape index (κ1) is 26.2. The Kier molecular flexibility index (Phi) is 7.21. The van der Waals surface area contributed by atoms with Gasteiger partial charge in [-0.25, -0.2) is 0 Å². The normalized spacial score (nSPS) is 16.8. The summed E-state index contributed by atoms with van der Waals surface area (Å²) in [4.78, 5) is 0. The summed E-state index contributed by atoms with van der Waals surface area (Å²) in [7, 11) is -0.718. The van der Waals surface area contributed by atoms with Gasteiger partial charge < -0.3 is 5.32 Å². The Morgan fingerprint density at radius 1 is 0.694 bits per heavy atom. The standard InChI is InChI=1S/C34H42NSi/c1-23-24(2)26(4)31(25(23)3)34(27-17-12-10-13-18-27,28-19-14-11-15-20-28)29-21-16-22-30(36(8)9)32(29)35-33(5,6)7/h10-22,25,35H,1-9H3. The summed E-state index contributed by atoms with van der Waals surface area (Å²) in [6, 6.07) is 29.4. The Bertz CT molecular complexity index is 1250. The number of nitrogens with one attached hydrogen (secondary N) is 1. The van der Waals surface area contributed by atoms with Crippen molar-refractivity contribution in [3.05, 3.63) is 118 Å². The molecule has 0 bridgehead atoms. The van der Waals surface area contributed by atoms with Gasteiger partial charge in [-0.3, -0.25) is 0 Å². The van der Waals surface area contributed by atoms with Crippen molar-refractivity contribution in [1.82, 2.24) is 0 Å². The van der Waals surface area contributed by atoms with E-state index in [9.17, 15) is 0 Å². The Morgan fingerprint density at radius 2 is 1.22 bits per heavy atom. The Balaban J connectivity index is 2.24. The highest BCUT2D eigenvalue weighted by Crippen LogP contribution is 2.55. The van der Waals surface area contributed by atoms with E-state index in [1.54, 1.807) is 0 Å². The van der Waals surface area contributed by atoms with Crippen molar-refractivity contribution in [2.24, 2.45) is 5.92 Å². The molecule has 4 rings (SSSR count). The van der Waals surface area contributed by atoms with Crippen LogP contribution in [0.1, 0.15) is 65.2 Å². The Hall–Kier alpha value is -2.84. The summed E-state index contributed by atoms with van der Waals surface area (Å²) in [5, 5.41) is 5.48. The fourth-order valence-corrected chi connectivity index (χ4v) is 7.20. The summed E-state index contributed by atoms with van der Waals surface area (Å²) >= 11 is 0. The van der Waals surface area contributed by atoms with E-state index in [0.29, 0.717) is 5.92 Å². The lowest BCUT2D eigenvalue weighted by molar-refractivity contribution is 0.611. The van der Waals surface area contributed by atoms with Gasteiger partial charge in [0, 0.05) is 17.1 Å². The maximum atomic E-state index is 4.01. The van der Waals surface area contributed by atoms with E-state index in [0.717, 1.165) is 0 Å². The summed E-state index contributed by atoms with van der Waals surface area (Å²) in [5.41, 5.74) is 10.7. The number of hydrogen-bond acceptors (Lipinski definition) is 1. The molecular formula is C34H42NSi. The van der Waals surface area contributed by atoms with Gasteiger partial charge in [0.05, 0.1) is 14.2 Å². The van der Waals surface area contributed by atoms with Gasteiger partial charge in [-0.05, 0) is 80.1 Å². The van der Waals surface area contributed by atoms with Gasteiger partial charge in [0.1, 0.15) is 0 Å². The van der Waals surface area contributed by atoms with Crippen molar-refractivity contribution in [1.29, 1.82) is 0 Å². The molecular weight excluding hydrogens is 450 g/mol. The molecule has 0 aliphatic heterocycles. The van der Waals surface area contributed by atoms with Crippen LogP contribution in [0.25, 0.3) is 0 Å². The first-order chi connectivity index (χ1) is 17.0. The fraction of sp³-hybridized carbons (Fsp3) is 0.353. The molecule has 0 aromatic heterocycles. The van der Waals surface area contributed by atoms with E-state index in [1.807, 2.05) is 0 Å². The molecule has 1 radical (unpaired) electrons. The maximum Gasteiger partial charge on any atom is 0.0819 e. The molecule has 0 heterocycles. The number of hydrogen-bond donors (Lipinski definition) is 1. The van der Waals surface area contributed by atoms with Crippen LogP contribution < -0.4 is 10.5 Å². The van der Waals surface area contributed by atoms with E-state index >= 15 is 0 Å². The topological polar surface area (TPSA) is 12.0 Å². The second kappa shape index (κ2) is 9.90. The van der Waals surface area contributed by atoms with E-state index in [1.165, 1.54) is 49.9 Å². The monoisotopic (exact) mass is 492 g/mol.